The number of carbonyl (C=O) groups excluding carboxylic acids is 1. The van der Waals surface area contributed by atoms with Gasteiger partial charge in [-0.15, -0.1) is 0 Å². The number of benzene rings is 1. The molecule has 0 aliphatic carbocycles. The number of nitrogens with zero attached hydrogens (tertiary/aromatic N) is 3. The highest BCUT2D eigenvalue weighted by molar-refractivity contribution is 5.79. The number of H-pyrrole nitrogens is 1. The third-order valence-electron chi connectivity index (χ3n) is 5.44. The molecular formula is C21H23FN4O3. The van der Waals surface area contributed by atoms with Crippen molar-refractivity contribution in [2.75, 3.05) is 13.1 Å². The molecule has 1 aliphatic rings. The van der Waals surface area contributed by atoms with E-state index in [1.54, 1.807) is 16.6 Å². The van der Waals surface area contributed by atoms with Crippen molar-refractivity contribution in [1.29, 1.82) is 0 Å². The standard InChI is InChI=1S/C21H23FN4O3/c1-13-18(14(2)26-19(23-13)12-20(27)24-26)11-21(28)25-9-7-17(8-10-25)29-16-5-3-15(22)4-6-16/h3-6,12,17H,7-11H2,1-2H3,(H,24,27). The van der Waals surface area contributed by atoms with Crippen LogP contribution in [0.5, 0.6) is 5.75 Å². The molecule has 7 nitrogen and oxygen atoms in total. The number of piperidine rings is 1. The summed E-state index contributed by atoms with van der Waals surface area (Å²) in [5, 5.41) is 2.71. The first-order chi connectivity index (χ1) is 13.9. The lowest BCUT2D eigenvalue weighted by molar-refractivity contribution is -0.132. The van der Waals surface area contributed by atoms with Crippen LogP contribution in [-0.2, 0) is 11.2 Å². The van der Waals surface area contributed by atoms with Gasteiger partial charge in [-0.2, -0.15) is 0 Å². The number of aromatic amines is 1. The van der Waals surface area contributed by atoms with E-state index in [1.165, 1.54) is 18.2 Å². The minimum Gasteiger partial charge on any atom is -0.490 e. The van der Waals surface area contributed by atoms with E-state index in [4.69, 9.17) is 4.74 Å². The molecule has 0 unspecified atom stereocenters. The molecule has 0 bridgehead atoms. The number of halogens is 1. The fourth-order valence-electron chi connectivity index (χ4n) is 3.80. The van der Waals surface area contributed by atoms with E-state index in [0.29, 0.717) is 24.5 Å². The average Bonchev–Trinajstić information content (AvgIpc) is 3.07. The normalized spacial score (nSPS) is 15.1. The summed E-state index contributed by atoms with van der Waals surface area (Å²) in [6.07, 6.45) is 1.70. The van der Waals surface area contributed by atoms with E-state index in [-0.39, 0.29) is 29.8 Å². The lowest BCUT2D eigenvalue weighted by atomic mass is 10.0. The Morgan fingerprint density at radius 1 is 1.24 bits per heavy atom. The van der Waals surface area contributed by atoms with Gasteiger partial charge in [-0.3, -0.25) is 14.7 Å². The summed E-state index contributed by atoms with van der Waals surface area (Å²) in [5.41, 5.74) is 2.74. The zero-order valence-corrected chi connectivity index (χ0v) is 16.4. The quantitative estimate of drug-likeness (QED) is 0.732. The number of hydrogen-bond donors (Lipinski definition) is 1. The van der Waals surface area contributed by atoms with Crippen molar-refractivity contribution in [3.8, 4) is 5.75 Å². The predicted molar refractivity (Wildman–Crippen MR) is 106 cm³/mol. The van der Waals surface area contributed by atoms with E-state index in [0.717, 1.165) is 29.8 Å². The van der Waals surface area contributed by atoms with Crippen molar-refractivity contribution in [3.63, 3.8) is 0 Å². The molecule has 1 fully saturated rings. The van der Waals surface area contributed by atoms with Crippen molar-refractivity contribution in [2.24, 2.45) is 0 Å². The van der Waals surface area contributed by atoms with Gasteiger partial charge in [-0.1, -0.05) is 0 Å². The molecule has 1 aromatic carbocycles. The second-order valence-electron chi connectivity index (χ2n) is 7.40. The second-order valence-corrected chi connectivity index (χ2v) is 7.40. The lowest BCUT2D eigenvalue weighted by Gasteiger charge is -2.32. The Balaban J connectivity index is 1.39. The highest BCUT2D eigenvalue weighted by Gasteiger charge is 2.25. The first-order valence-corrected chi connectivity index (χ1v) is 9.68. The van der Waals surface area contributed by atoms with Gasteiger partial charge in [0.2, 0.25) is 5.91 Å². The molecular weight excluding hydrogens is 375 g/mol. The zero-order chi connectivity index (χ0) is 20.5. The van der Waals surface area contributed by atoms with Gasteiger partial charge < -0.3 is 9.64 Å². The van der Waals surface area contributed by atoms with Gasteiger partial charge in [0, 0.05) is 48.9 Å². The molecule has 2 aromatic heterocycles. The number of hydrogen-bond acceptors (Lipinski definition) is 4. The largest absolute Gasteiger partial charge is 0.490 e. The van der Waals surface area contributed by atoms with Crippen LogP contribution in [0.4, 0.5) is 4.39 Å². The first kappa shape index (κ1) is 19.2. The van der Waals surface area contributed by atoms with Crippen molar-refractivity contribution in [2.45, 2.75) is 39.2 Å². The fraction of sp³-hybridized carbons (Fsp3) is 0.381. The molecule has 3 heterocycles. The first-order valence-electron chi connectivity index (χ1n) is 9.68. The van der Waals surface area contributed by atoms with Crippen molar-refractivity contribution in [1.82, 2.24) is 19.5 Å². The number of amides is 1. The van der Waals surface area contributed by atoms with Gasteiger partial charge in [0.05, 0.1) is 6.42 Å². The number of aromatic nitrogens is 3. The Bertz CT molecular complexity index is 1100. The van der Waals surface area contributed by atoms with E-state index in [2.05, 4.69) is 10.1 Å². The minimum atomic E-state index is -0.292. The minimum absolute atomic E-state index is 0.0101. The van der Waals surface area contributed by atoms with Gasteiger partial charge in [0.15, 0.2) is 5.65 Å². The van der Waals surface area contributed by atoms with Gasteiger partial charge in [-0.05, 0) is 38.1 Å². The molecule has 0 radical (unpaired) electrons. The smallest absolute Gasteiger partial charge is 0.266 e. The summed E-state index contributed by atoms with van der Waals surface area (Å²) in [4.78, 5) is 30.7. The van der Waals surface area contributed by atoms with E-state index in [9.17, 15) is 14.0 Å². The van der Waals surface area contributed by atoms with E-state index in [1.807, 2.05) is 18.7 Å². The molecule has 8 heteroatoms. The number of ether oxygens (including phenoxy) is 1. The van der Waals surface area contributed by atoms with Crippen LogP contribution in [0.2, 0.25) is 0 Å². The van der Waals surface area contributed by atoms with Crippen LogP contribution in [0.15, 0.2) is 35.1 Å². The molecule has 1 amide bonds. The van der Waals surface area contributed by atoms with E-state index < -0.39 is 0 Å². The molecule has 1 N–H and O–H groups in total. The summed E-state index contributed by atoms with van der Waals surface area (Å²) in [5.74, 6) is 0.384. The zero-order valence-electron chi connectivity index (χ0n) is 16.4. The van der Waals surface area contributed by atoms with Crippen LogP contribution >= 0.6 is 0 Å². The maximum Gasteiger partial charge on any atom is 0.266 e. The summed E-state index contributed by atoms with van der Waals surface area (Å²) < 4.78 is 20.5. The lowest BCUT2D eigenvalue weighted by Crippen LogP contribution is -2.42. The molecule has 0 saturated carbocycles. The third kappa shape index (κ3) is 4.01. The second kappa shape index (κ2) is 7.69. The van der Waals surface area contributed by atoms with Crippen LogP contribution in [0.25, 0.3) is 5.65 Å². The molecule has 4 rings (SSSR count). The molecule has 0 spiro atoms. The SMILES string of the molecule is Cc1nc2cc(=O)[nH]n2c(C)c1CC(=O)N1CCC(Oc2ccc(F)cc2)CC1. The summed E-state index contributed by atoms with van der Waals surface area (Å²) in [6.45, 7) is 4.95. The highest BCUT2D eigenvalue weighted by atomic mass is 19.1. The Morgan fingerprint density at radius 3 is 2.62 bits per heavy atom. The van der Waals surface area contributed by atoms with Gasteiger partial charge in [0.25, 0.3) is 5.56 Å². The number of likely N-dealkylation sites (tertiary alicyclic amines) is 1. The van der Waals surface area contributed by atoms with Crippen LogP contribution < -0.4 is 10.3 Å². The number of carbonyl (C=O) groups is 1. The Hall–Kier alpha value is -3.16. The van der Waals surface area contributed by atoms with Crippen LogP contribution in [0, 0.1) is 19.7 Å². The number of aryl methyl sites for hydroxylation is 2. The molecule has 152 valence electrons. The van der Waals surface area contributed by atoms with Crippen LogP contribution in [0.1, 0.15) is 29.8 Å². The third-order valence-corrected chi connectivity index (χ3v) is 5.44. The number of fused-ring (bicyclic) bond motifs is 1. The fourth-order valence-corrected chi connectivity index (χ4v) is 3.80. The van der Waals surface area contributed by atoms with Gasteiger partial charge >= 0.3 is 0 Å². The van der Waals surface area contributed by atoms with Crippen molar-refractivity contribution < 1.29 is 13.9 Å². The molecule has 3 aromatic rings. The summed E-state index contributed by atoms with van der Waals surface area (Å²) in [6, 6.07) is 7.43. The summed E-state index contributed by atoms with van der Waals surface area (Å²) in [7, 11) is 0. The Morgan fingerprint density at radius 2 is 1.93 bits per heavy atom. The van der Waals surface area contributed by atoms with Crippen molar-refractivity contribution in [3.05, 3.63) is 63.5 Å². The molecule has 0 atom stereocenters. The molecule has 29 heavy (non-hydrogen) atoms. The number of rotatable bonds is 4. The van der Waals surface area contributed by atoms with Crippen molar-refractivity contribution >= 4 is 11.6 Å². The van der Waals surface area contributed by atoms with Crippen LogP contribution in [0.3, 0.4) is 0 Å². The predicted octanol–water partition coefficient (Wildman–Crippen LogP) is 2.39. The topological polar surface area (TPSA) is 79.7 Å². The maximum absolute atomic E-state index is 13.0. The van der Waals surface area contributed by atoms with Gasteiger partial charge in [0.1, 0.15) is 17.7 Å². The maximum atomic E-state index is 13.0. The van der Waals surface area contributed by atoms with E-state index >= 15 is 0 Å². The average molecular weight is 398 g/mol. The highest BCUT2D eigenvalue weighted by Crippen LogP contribution is 2.21. The monoisotopic (exact) mass is 398 g/mol. The number of nitrogens with one attached hydrogen (secondary N) is 1. The Labute approximate surface area is 167 Å². The summed E-state index contributed by atoms with van der Waals surface area (Å²) >= 11 is 0. The Kier molecular flexibility index (Phi) is 5.08. The molecule has 1 saturated heterocycles. The van der Waals surface area contributed by atoms with Gasteiger partial charge in [-0.25, -0.2) is 13.9 Å². The van der Waals surface area contributed by atoms with Crippen LogP contribution in [-0.4, -0.2) is 44.6 Å². The molecule has 1 aliphatic heterocycles.